The first-order valence-corrected chi connectivity index (χ1v) is 6.08. The molecule has 80 valence electrons. The summed E-state index contributed by atoms with van der Waals surface area (Å²) in [5.74, 6) is 0. The largest absolute Gasteiger partial charge is 0.301 e. The van der Waals surface area contributed by atoms with Crippen LogP contribution < -0.4 is 4.72 Å². The van der Waals surface area contributed by atoms with Crippen molar-refractivity contribution in [2.45, 2.75) is 23.3 Å². The summed E-state index contributed by atoms with van der Waals surface area (Å²) in [6, 6.07) is 5.34. The van der Waals surface area contributed by atoms with E-state index in [0.717, 1.165) is 24.0 Å². The second kappa shape index (κ2) is 4.34. The topological polar surface area (TPSA) is 29.1 Å². The van der Waals surface area contributed by atoms with Crippen LogP contribution >= 0.6 is 35.1 Å². The summed E-state index contributed by atoms with van der Waals surface area (Å²) in [6.45, 7) is 0. The third-order valence-corrected chi connectivity index (χ3v) is 4.30. The van der Waals surface area contributed by atoms with Gasteiger partial charge in [-0.3, -0.25) is 0 Å². The van der Waals surface area contributed by atoms with Crippen LogP contribution in [0.3, 0.4) is 0 Å². The molecule has 1 saturated carbocycles. The van der Waals surface area contributed by atoms with Crippen molar-refractivity contribution in [2.24, 2.45) is 0 Å². The highest BCUT2D eigenvalue weighted by atomic mass is 35.5. The molecule has 2 nitrogen and oxygen atoms in total. The van der Waals surface area contributed by atoms with Crippen molar-refractivity contribution in [3.63, 3.8) is 0 Å². The van der Waals surface area contributed by atoms with E-state index in [1.54, 1.807) is 18.2 Å². The molecule has 0 radical (unpaired) electrons. The van der Waals surface area contributed by atoms with Crippen LogP contribution in [0.2, 0.25) is 10.0 Å². The van der Waals surface area contributed by atoms with E-state index in [9.17, 15) is 4.79 Å². The SMILES string of the molecule is O=CC1(NSc2c(Cl)cccc2Cl)CC1. The molecule has 1 aliphatic rings. The third-order valence-electron chi connectivity index (χ3n) is 2.29. The molecule has 0 aromatic heterocycles. The number of hydrogen-bond donors (Lipinski definition) is 1. The number of aldehydes is 1. The molecule has 1 aromatic rings. The Hall–Kier alpha value is -0.220. The Morgan fingerprint density at radius 1 is 1.33 bits per heavy atom. The Morgan fingerprint density at radius 2 is 1.93 bits per heavy atom. The number of carbonyl (C=O) groups is 1. The van der Waals surface area contributed by atoms with Crippen molar-refractivity contribution in [3.05, 3.63) is 28.2 Å². The quantitative estimate of drug-likeness (QED) is 0.666. The zero-order valence-electron chi connectivity index (χ0n) is 7.80. The van der Waals surface area contributed by atoms with Crippen LogP contribution in [0.5, 0.6) is 0 Å². The second-order valence-corrected chi connectivity index (χ2v) is 5.16. The van der Waals surface area contributed by atoms with Crippen molar-refractivity contribution in [3.8, 4) is 0 Å². The van der Waals surface area contributed by atoms with Gasteiger partial charge in [-0.2, -0.15) is 0 Å². The molecule has 0 spiro atoms. The number of halogens is 2. The molecule has 0 saturated heterocycles. The van der Waals surface area contributed by atoms with Crippen LogP contribution in [-0.2, 0) is 4.79 Å². The average Bonchev–Trinajstić information content (AvgIpc) is 2.98. The van der Waals surface area contributed by atoms with Crippen molar-refractivity contribution >= 4 is 41.4 Å². The van der Waals surface area contributed by atoms with Crippen LogP contribution in [0.15, 0.2) is 23.1 Å². The minimum Gasteiger partial charge on any atom is -0.301 e. The highest BCUT2D eigenvalue weighted by Gasteiger charge is 2.42. The average molecular weight is 262 g/mol. The molecule has 1 aliphatic carbocycles. The Bertz CT molecular complexity index is 373. The summed E-state index contributed by atoms with van der Waals surface area (Å²) in [7, 11) is 0. The summed E-state index contributed by atoms with van der Waals surface area (Å²) in [6.07, 6.45) is 2.71. The van der Waals surface area contributed by atoms with Gasteiger partial charge in [0.25, 0.3) is 0 Å². The van der Waals surface area contributed by atoms with Crippen molar-refractivity contribution in [2.75, 3.05) is 0 Å². The number of nitrogens with one attached hydrogen (secondary N) is 1. The van der Waals surface area contributed by atoms with Gasteiger partial charge in [0.05, 0.1) is 20.5 Å². The lowest BCUT2D eigenvalue weighted by molar-refractivity contribution is -0.109. The Balaban J connectivity index is 2.08. The molecule has 0 unspecified atom stereocenters. The lowest BCUT2D eigenvalue weighted by Crippen LogP contribution is -2.26. The highest BCUT2D eigenvalue weighted by molar-refractivity contribution is 7.97. The molecule has 15 heavy (non-hydrogen) atoms. The van der Waals surface area contributed by atoms with E-state index in [-0.39, 0.29) is 5.54 Å². The first kappa shape index (κ1) is 11.3. The van der Waals surface area contributed by atoms with Crippen LogP contribution in [0.1, 0.15) is 12.8 Å². The van der Waals surface area contributed by atoms with E-state index < -0.39 is 0 Å². The first-order chi connectivity index (χ1) is 7.17. The van der Waals surface area contributed by atoms with Gasteiger partial charge in [0, 0.05) is 0 Å². The first-order valence-electron chi connectivity index (χ1n) is 4.51. The maximum atomic E-state index is 10.7. The number of carbonyl (C=O) groups excluding carboxylic acids is 1. The predicted octanol–water partition coefficient (Wildman–Crippen LogP) is 3.32. The van der Waals surface area contributed by atoms with Gasteiger partial charge in [-0.05, 0) is 36.9 Å². The smallest absolute Gasteiger partial charge is 0.140 e. The zero-order chi connectivity index (χ0) is 10.9. The predicted molar refractivity (Wildman–Crippen MR) is 63.5 cm³/mol. The van der Waals surface area contributed by atoms with Crippen molar-refractivity contribution in [1.82, 2.24) is 4.72 Å². The lowest BCUT2D eigenvalue weighted by atomic mass is 10.3. The van der Waals surface area contributed by atoms with Gasteiger partial charge in [-0.1, -0.05) is 29.3 Å². The Morgan fingerprint density at radius 3 is 2.40 bits per heavy atom. The molecule has 1 N–H and O–H groups in total. The van der Waals surface area contributed by atoms with Crippen molar-refractivity contribution in [1.29, 1.82) is 0 Å². The fourth-order valence-electron chi connectivity index (χ4n) is 1.11. The van der Waals surface area contributed by atoms with E-state index in [1.165, 1.54) is 11.9 Å². The molecule has 0 heterocycles. The number of hydrogen-bond acceptors (Lipinski definition) is 3. The normalized spacial score (nSPS) is 17.5. The standard InChI is InChI=1S/C10H9Cl2NOS/c11-7-2-1-3-8(12)9(7)15-13-10(6-14)4-5-10/h1-3,6,13H,4-5H2. The molecule has 0 bridgehead atoms. The monoisotopic (exact) mass is 261 g/mol. The van der Waals surface area contributed by atoms with Crippen LogP contribution in [-0.4, -0.2) is 11.8 Å². The molecule has 5 heteroatoms. The van der Waals surface area contributed by atoms with Gasteiger partial charge in [0.2, 0.25) is 0 Å². The number of rotatable bonds is 4. The van der Waals surface area contributed by atoms with Crippen LogP contribution in [0, 0.1) is 0 Å². The Kier molecular flexibility index (Phi) is 3.26. The van der Waals surface area contributed by atoms with Crippen LogP contribution in [0.25, 0.3) is 0 Å². The number of benzene rings is 1. The molecule has 2 rings (SSSR count). The van der Waals surface area contributed by atoms with E-state index in [2.05, 4.69) is 4.72 Å². The summed E-state index contributed by atoms with van der Waals surface area (Å²) in [5.41, 5.74) is -0.354. The highest BCUT2D eigenvalue weighted by Crippen LogP contribution is 2.39. The summed E-state index contributed by atoms with van der Waals surface area (Å²) < 4.78 is 3.10. The third kappa shape index (κ3) is 2.48. The van der Waals surface area contributed by atoms with Gasteiger partial charge in [0.1, 0.15) is 6.29 Å². The zero-order valence-corrected chi connectivity index (χ0v) is 10.1. The van der Waals surface area contributed by atoms with E-state index >= 15 is 0 Å². The van der Waals surface area contributed by atoms with Gasteiger partial charge in [0.15, 0.2) is 0 Å². The van der Waals surface area contributed by atoms with Gasteiger partial charge in [-0.25, -0.2) is 4.72 Å². The summed E-state index contributed by atoms with van der Waals surface area (Å²) in [5, 5.41) is 1.20. The van der Waals surface area contributed by atoms with Crippen LogP contribution in [0.4, 0.5) is 0 Å². The summed E-state index contributed by atoms with van der Waals surface area (Å²) >= 11 is 13.3. The molecule has 1 fully saturated rings. The molecular formula is C10H9Cl2NOS. The summed E-state index contributed by atoms with van der Waals surface area (Å²) in [4.78, 5) is 11.5. The Labute approximate surface area is 102 Å². The van der Waals surface area contributed by atoms with Gasteiger partial charge < -0.3 is 4.79 Å². The second-order valence-electron chi connectivity index (χ2n) is 3.53. The fraction of sp³-hybridized carbons (Fsp3) is 0.300. The molecule has 0 amide bonds. The fourth-order valence-corrected chi connectivity index (χ4v) is 2.63. The van der Waals surface area contributed by atoms with Gasteiger partial charge >= 0.3 is 0 Å². The minimum atomic E-state index is -0.354. The van der Waals surface area contributed by atoms with Crippen molar-refractivity contribution < 1.29 is 4.79 Å². The lowest BCUT2D eigenvalue weighted by Gasteiger charge is -2.11. The van der Waals surface area contributed by atoms with E-state index in [4.69, 9.17) is 23.2 Å². The van der Waals surface area contributed by atoms with E-state index in [1.807, 2.05) is 0 Å². The molecule has 0 atom stereocenters. The maximum absolute atomic E-state index is 10.7. The van der Waals surface area contributed by atoms with E-state index in [0.29, 0.717) is 10.0 Å². The molecular weight excluding hydrogens is 253 g/mol. The minimum absolute atomic E-state index is 0.354. The van der Waals surface area contributed by atoms with Gasteiger partial charge in [-0.15, -0.1) is 0 Å². The molecule has 1 aromatic carbocycles. The molecule has 0 aliphatic heterocycles. The maximum Gasteiger partial charge on any atom is 0.140 e.